The minimum atomic E-state index is 0.410. The molecule has 90 valence electrons. The highest BCUT2D eigenvalue weighted by Crippen LogP contribution is 2.25. The molecular formula is C13H18N4. The van der Waals surface area contributed by atoms with Crippen LogP contribution in [0.3, 0.4) is 0 Å². The van der Waals surface area contributed by atoms with E-state index < -0.39 is 0 Å². The molecule has 1 aromatic heterocycles. The van der Waals surface area contributed by atoms with Gasteiger partial charge in [-0.05, 0) is 31.9 Å². The lowest BCUT2D eigenvalue weighted by Gasteiger charge is -2.07. The third-order valence-electron chi connectivity index (χ3n) is 2.94. The summed E-state index contributed by atoms with van der Waals surface area (Å²) in [6, 6.07) is 4.31. The van der Waals surface area contributed by atoms with Crippen molar-refractivity contribution in [3.63, 3.8) is 0 Å². The highest BCUT2D eigenvalue weighted by atomic mass is 15.3. The first-order chi connectivity index (χ1) is 8.02. The van der Waals surface area contributed by atoms with Crippen LogP contribution in [-0.4, -0.2) is 14.8 Å². The van der Waals surface area contributed by atoms with Crippen molar-refractivity contribution in [2.24, 2.45) is 12.8 Å². The maximum Gasteiger partial charge on any atom is 0.181 e. The normalized spacial score (nSPS) is 10.9. The largest absolute Gasteiger partial charge is 0.324 e. The van der Waals surface area contributed by atoms with Crippen LogP contribution in [0.25, 0.3) is 11.4 Å². The topological polar surface area (TPSA) is 56.7 Å². The SMILES string of the molecule is Cc1cc(C)c(-c2nc(CN)n(C)n2)c(C)c1. The minimum Gasteiger partial charge on any atom is -0.324 e. The number of rotatable bonds is 2. The molecule has 2 rings (SSSR count). The molecule has 0 radical (unpaired) electrons. The molecule has 0 atom stereocenters. The Kier molecular flexibility index (Phi) is 2.98. The second-order valence-corrected chi connectivity index (χ2v) is 4.45. The Labute approximate surface area is 101 Å². The average Bonchev–Trinajstić information content (AvgIpc) is 2.57. The number of aryl methyl sites for hydroxylation is 4. The van der Waals surface area contributed by atoms with Crippen LogP contribution in [0.1, 0.15) is 22.5 Å². The van der Waals surface area contributed by atoms with E-state index >= 15 is 0 Å². The zero-order valence-electron chi connectivity index (χ0n) is 10.8. The first kappa shape index (κ1) is 11.8. The number of benzene rings is 1. The standard InChI is InChI=1S/C13H18N4/c1-8-5-9(2)12(10(3)6-8)13-15-11(7-14)17(4)16-13/h5-6H,7,14H2,1-4H3. The summed E-state index contributed by atoms with van der Waals surface area (Å²) in [6.07, 6.45) is 0. The summed E-state index contributed by atoms with van der Waals surface area (Å²) in [7, 11) is 1.87. The van der Waals surface area contributed by atoms with Crippen molar-refractivity contribution >= 4 is 0 Å². The lowest BCUT2D eigenvalue weighted by atomic mass is 9.99. The van der Waals surface area contributed by atoms with Crippen molar-refractivity contribution in [1.29, 1.82) is 0 Å². The monoisotopic (exact) mass is 230 g/mol. The fourth-order valence-electron chi connectivity index (χ4n) is 2.23. The first-order valence-electron chi connectivity index (χ1n) is 5.71. The molecule has 1 heterocycles. The van der Waals surface area contributed by atoms with Crippen LogP contribution < -0.4 is 5.73 Å². The van der Waals surface area contributed by atoms with Crippen LogP contribution in [0.2, 0.25) is 0 Å². The van der Waals surface area contributed by atoms with Gasteiger partial charge >= 0.3 is 0 Å². The number of nitrogens with zero attached hydrogens (tertiary/aromatic N) is 3. The first-order valence-corrected chi connectivity index (χ1v) is 5.71. The van der Waals surface area contributed by atoms with Gasteiger partial charge < -0.3 is 5.73 Å². The molecule has 0 spiro atoms. The molecule has 4 heteroatoms. The molecule has 0 aliphatic carbocycles. The van der Waals surface area contributed by atoms with Crippen molar-refractivity contribution in [1.82, 2.24) is 14.8 Å². The highest BCUT2D eigenvalue weighted by Gasteiger charge is 2.13. The fraction of sp³-hybridized carbons (Fsp3) is 0.385. The van der Waals surface area contributed by atoms with Gasteiger partial charge in [0.05, 0.1) is 6.54 Å². The summed E-state index contributed by atoms with van der Waals surface area (Å²) >= 11 is 0. The molecule has 0 amide bonds. The van der Waals surface area contributed by atoms with E-state index in [0.717, 1.165) is 17.2 Å². The molecule has 2 aromatic rings. The van der Waals surface area contributed by atoms with Crippen molar-refractivity contribution in [2.75, 3.05) is 0 Å². The predicted octanol–water partition coefficient (Wildman–Crippen LogP) is 1.87. The zero-order chi connectivity index (χ0) is 12.6. The zero-order valence-corrected chi connectivity index (χ0v) is 10.8. The molecule has 0 bridgehead atoms. The van der Waals surface area contributed by atoms with Gasteiger partial charge in [0.25, 0.3) is 0 Å². The van der Waals surface area contributed by atoms with Gasteiger partial charge in [0.1, 0.15) is 5.82 Å². The van der Waals surface area contributed by atoms with Crippen LogP contribution in [0.15, 0.2) is 12.1 Å². The van der Waals surface area contributed by atoms with Crippen molar-refractivity contribution < 1.29 is 0 Å². The number of aromatic nitrogens is 3. The van der Waals surface area contributed by atoms with Crippen LogP contribution >= 0.6 is 0 Å². The molecule has 0 saturated carbocycles. The van der Waals surface area contributed by atoms with E-state index in [9.17, 15) is 0 Å². The molecule has 0 fully saturated rings. The lowest BCUT2D eigenvalue weighted by molar-refractivity contribution is 0.703. The summed E-state index contributed by atoms with van der Waals surface area (Å²) in [5.41, 5.74) is 10.4. The summed E-state index contributed by atoms with van der Waals surface area (Å²) in [5, 5.41) is 4.43. The molecule has 4 nitrogen and oxygen atoms in total. The second-order valence-electron chi connectivity index (χ2n) is 4.45. The lowest BCUT2D eigenvalue weighted by Crippen LogP contribution is -2.05. The van der Waals surface area contributed by atoms with Gasteiger partial charge in [0.2, 0.25) is 0 Å². The van der Waals surface area contributed by atoms with Gasteiger partial charge in [-0.3, -0.25) is 4.68 Å². The molecule has 0 aliphatic rings. The van der Waals surface area contributed by atoms with Gasteiger partial charge in [-0.1, -0.05) is 17.7 Å². The Bertz CT molecular complexity index is 532. The third-order valence-corrected chi connectivity index (χ3v) is 2.94. The Hall–Kier alpha value is -1.68. The highest BCUT2D eigenvalue weighted by molar-refractivity contribution is 5.65. The third kappa shape index (κ3) is 2.08. The maximum atomic E-state index is 5.62. The Morgan fingerprint density at radius 3 is 2.24 bits per heavy atom. The summed E-state index contributed by atoms with van der Waals surface area (Å²) < 4.78 is 1.74. The van der Waals surface area contributed by atoms with Gasteiger partial charge in [0.15, 0.2) is 5.82 Å². The van der Waals surface area contributed by atoms with Crippen LogP contribution in [0.4, 0.5) is 0 Å². The quantitative estimate of drug-likeness (QED) is 0.856. The van der Waals surface area contributed by atoms with Crippen LogP contribution in [0, 0.1) is 20.8 Å². The van der Waals surface area contributed by atoms with E-state index in [4.69, 9.17) is 5.73 Å². The van der Waals surface area contributed by atoms with E-state index in [-0.39, 0.29) is 0 Å². The second kappa shape index (κ2) is 4.30. The van der Waals surface area contributed by atoms with Crippen molar-refractivity contribution in [3.8, 4) is 11.4 Å². The van der Waals surface area contributed by atoms with E-state index in [1.54, 1.807) is 4.68 Å². The van der Waals surface area contributed by atoms with E-state index in [2.05, 4.69) is 43.0 Å². The summed E-state index contributed by atoms with van der Waals surface area (Å²) in [4.78, 5) is 4.48. The average molecular weight is 230 g/mol. The smallest absolute Gasteiger partial charge is 0.181 e. The van der Waals surface area contributed by atoms with E-state index in [1.807, 2.05) is 7.05 Å². The molecule has 17 heavy (non-hydrogen) atoms. The predicted molar refractivity (Wildman–Crippen MR) is 68.5 cm³/mol. The van der Waals surface area contributed by atoms with Crippen molar-refractivity contribution in [2.45, 2.75) is 27.3 Å². The molecule has 0 aliphatic heterocycles. The Balaban J connectivity index is 2.60. The van der Waals surface area contributed by atoms with Gasteiger partial charge in [0, 0.05) is 12.6 Å². The van der Waals surface area contributed by atoms with Crippen LogP contribution in [0.5, 0.6) is 0 Å². The molecular weight excluding hydrogens is 212 g/mol. The van der Waals surface area contributed by atoms with E-state index in [1.165, 1.54) is 16.7 Å². The molecule has 0 saturated heterocycles. The Morgan fingerprint density at radius 1 is 1.18 bits per heavy atom. The molecule has 1 aromatic carbocycles. The van der Waals surface area contributed by atoms with Gasteiger partial charge in [-0.15, -0.1) is 0 Å². The molecule has 0 unspecified atom stereocenters. The van der Waals surface area contributed by atoms with E-state index in [0.29, 0.717) is 6.54 Å². The summed E-state index contributed by atoms with van der Waals surface area (Å²) in [5.74, 6) is 1.57. The number of hydrogen-bond acceptors (Lipinski definition) is 3. The minimum absolute atomic E-state index is 0.410. The maximum absolute atomic E-state index is 5.62. The number of hydrogen-bond donors (Lipinski definition) is 1. The van der Waals surface area contributed by atoms with Crippen LogP contribution in [-0.2, 0) is 13.6 Å². The summed E-state index contributed by atoms with van der Waals surface area (Å²) in [6.45, 7) is 6.69. The fourth-order valence-corrected chi connectivity index (χ4v) is 2.23. The van der Waals surface area contributed by atoms with Gasteiger partial charge in [-0.25, -0.2) is 4.98 Å². The van der Waals surface area contributed by atoms with Crippen molar-refractivity contribution in [3.05, 3.63) is 34.6 Å². The number of nitrogens with two attached hydrogens (primary N) is 1. The van der Waals surface area contributed by atoms with Gasteiger partial charge in [-0.2, -0.15) is 5.10 Å². The Morgan fingerprint density at radius 2 is 1.76 bits per heavy atom. The molecule has 2 N–H and O–H groups in total.